The van der Waals surface area contributed by atoms with E-state index in [-0.39, 0.29) is 17.2 Å². The fraction of sp³-hybridized carbons (Fsp3) is 0.0588. The van der Waals surface area contributed by atoms with E-state index < -0.39 is 5.97 Å². The molecule has 0 atom stereocenters. The molecule has 0 spiro atoms. The van der Waals surface area contributed by atoms with Crippen LogP contribution in [-0.4, -0.2) is 20.9 Å². The number of carboxylic acids is 1. The number of fused-ring (bicyclic) bond motifs is 1. The zero-order valence-electron chi connectivity index (χ0n) is 21.9. The molecule has 0 aliphatic carbocycles. The summed E-state index contributed by atoms with van der Waals surface area (Å²) in [6.07, 6.45) is 1.82. The molecule has 0 saturated heterocycles. The highest BCUT2D eigenvalue weighted by atomic mass is 19.1. The number of rotatable bonds is 8. The van der Waals surface area contributed by atoms with E-state index in [4.69, 9.17) is 0 Å². The van der Waals surface area contributed by atoms with Crippen LogP contribution < -0.4 is 5.32 Å². The third kappa shape index (κ3) is 5.70. The Balaban J connectivity index is 1.32. The molecule has 2 N–H and O–H groups in total. The van der Waals surface area contributed by atoms with E-state index in [1.165, 1.54) is 24.3 Å². The van der Waals surface area contributed by atoms with Crippen molar-refractivity contribution in [1.82, 2.24) is 9.78 Å². The van der Waals surface area contributed by atoms with Gasteiger partial charge in [0.1, 0.15) is 11.6 Å². The molecular weight excluding hydrogens is 520 g/mol. The van der Waals surface area contributed by atoms with Gasteiger partial charge >= 0.3 is 5.97 Å². The van der Waals surface area contributed by atoms with Crippen LogP contribution in [0, 0.1) is 11.6 Å². The Hall–Kier alpha value is -5.30. The second-order valence-corrected chi connectivity index (χ2v) is 9.83. The standard InChI is InChI=1S/C34H25F2N3O2/c35-30-13-9-25(10-14-30)24-5-3-23(4-6-24)21-39-33-29(20-38-39)17-28(26-11-15-31(36)16-12-26)18-32(33)37-19-22-1-7-27(8-2-22)34(40)41/h1-18,20,37H,19,21H2,(H,40,41). The lowest BCUT2D eigenvalue weighted by molar-refractivity contribution is 0.0697. The fourth-order valence-corrected chi connectivity index (χ4v) is 4.88. The third-order valence-electron chi connectivity index (χ3n) is 7.06. The topological polar surface area (TPSA) is 67.2 Å². The highest BCUT2D eigenvalue weighted by molar-refractivity contribution is 5.95. The molecule has 202 valence electrons. The number of hydrogen-bond donors (Lipinski definition) is 2. The van der Waals surface area contributed by atoms with Crippen molar-refractivity contribution in [3.05, 3.63) is 144 Å². The van der Waals surface area contributed by atoms with Crippen molar-refractivity contribution in [3.63, 3.8) is 0 Å². The van der Waals surface area contributed by atoms with Crippen LogP contribution >= 0.6 is 0 Å². The molecule has 1 heterocycles. The number of anilines is 1. The van der Waals surface area contributed by atoms with Gasteiger partial charge in [0.15, 0.2) is 0 Å². The molecule has 0 fully saturated rings. The normalized spacial score (nSPS) is 11.1. The van der Waals surface area contributed by atoms with Gasteiger partial charge in [0.25, 0.3) is 0 Å². The average molecular weight is 546 g/mol. The minimum absolute atomic E-state index is 0.234. The monoisotopic (exact) mass is 545 g/mol. The molecule has 41 heavy (non-hydrogen) atoms. The number of halogens is 2. The quantitative estimate of drug-likeness (QED) is 0.203. The first-order valence-electron chi connectivity index (χ1n) is 13.1. The predicted molar refractivity (Wildman–Crippen MR) is 157 cm³/mol. The number of benzene rings is 5. The average Bonchev–Trinajstić information content (AvgIpc) is 3.40. The van der Waals surface area contributed by atoms with Crippen molar-refractivity contribution in [2.45, 2.75) is 13.1 Å². The molecule has 1 aromatic heterocycles. The highest BCUT2D eigenvalue weighted by Gasteiger charge is 2.13. The van der Waals surface area contributed by atoms with E-state index in [2.05, 4.69) is 10.4 Å². The molecule has 0 amide bonds. The van der Waals surface area contributed by atoms with E-state index >= 15 is 0 Å². The van der Waals surface area contributed by atoms with Crippen LogP contribution in [0.5, 0.6) is 0 Å². The van der Waals surface area contributed by atoms with Gasteiger partial charge in [-0.1, -0.05) is 60.7 Å². The van der Waals surface area contributed by atoms with Crippen LogP contribution in [-0.2, 0) is 13.1 Å². The van der Waals surface area contributed by atoms with Crippen LogP contribution in [0.2, 0.25) is 0 Å². The van der Waals surface area contributed by atoms with Crippen LogP contribution in [0.1, 0.15) is 21.5 Å². The first-order chi connectivity index (χ1) is 19.9. The maximum absolute atomic E-state index is 13.6. The minimum Gasteiger partial charge on any atom is -0.478 e. The van der Waals surface area contributed by atoms with Crippen LogP contribution in [0.25, 0.3) is 33.2 Å². The Bertz CT molecular complexity index is 1830. The summed E-state index contributed by atoms with van der Waals surface area (Å²) in [6.45, 7) is 1.00. The molecular formula is C34H25F2N3O2. The van der Waals surface area contributed by atoms with Crippen molar-refractivity contribution in [2.24, 2.45) is 0 Å². The molecule has 6 aromatic rings. The summed E-state index contributed by atoms with van der Waals surface area (Å²) < 4.78 is 28.8. The Morgan fingerprint density at radius 1 is 0.707 bits per heavy atom. The molecule has 0 aliphatic rings. The number of nitrogens with zero attached hydrogens (tertiary/aromatic N) is 2. The molecule has 0 bridgehead atoms. The van der Waals surface area contributed by atoms with Crippen molar-refractivity contribution in [1.29, 1.82) is 0 Å². The summed E-state index contributed by atoms with van der Waals surface area (Å²) >= 11 is 0. The second-order valence-electron chi connectivity index (χ2n) is 9.83. The van der Waals surface area contributed by atoms with Gasteiger partial charge in [-0.2, -0.15) is 5.10 Å². The van der Waals surface area contributed by atoms with Gasteiger partial charge < -0.3 is 10.4 Å². The maximum Gasteiger partial charge on any atom is 0.335 e. The van der Waals surface area contributed by atoms with Gasteiger partial charge in [0, 0.05) is 11.9 Å². The van der Waals surface area contributed by atoms with Crippen LogP contribution in [0.3, 0.4) is 0 Å². The molecule has 6 rings (SSSR count). The van der Waals surface area contributed by atoms with E-state index in [1.54, 1.807) is 48.5 Å². The van der Waals surface area contributed by atoms with E-state index in [0.29, 0.717) is 13.1 Å². The third-order valence-corrected chi connectivity index (χ3v) is 7.06. The summed E-state index contributed by atoms with van der Waals surface area (Å²) in [5.41, 5.74) is 7.73. The molecule has 0 aliphatic heterocycles. The summed E-state index contributed by atoms with van der Waals surface area (Å²) in [5, 5.41) is 18.3. The SMILES string of the molecule is O=C(O)c1ccc(CNc2cc(-c3ccc(F)cc3)cc3cnn(Cc4ccc(-c5ccc(F)cc5)cc4)c23)cc1. The Labute approximate surface area is 235 Å². The summed E-state index contributed by atoms with van der Waals surface area (Å²) in [5.74, 6) is -1.52. The van der Waals surface area contributed by atoms with Gasteiger partial charge in [-0.05, 0) is 81.9 Å². The first-order valence-corrected chi connectivity index (χ1v) is 13.1. The lowest BCUT2D eigenvalue weighted by Gasteiger charge is -2.14. The number of aromatic nitrogens is 2. The number of aromatic carboxylic acids is 1. The van der Waals surface area contributed by atoms with E-state index in [9.17, 15) is 18.7 Å². The lowest BCUT2D eigenvalue weighted by atomic mass is 10.0. The number of nitrogens with one attached hydrogen (secondary N) is 1. The van der Waals surface area contributed by atoms with Gasteiger partial charge in [0.2, 0.25) is 0 Å². The van der Waals surface area contributed by atoms with Gasteiger partial charge in [-0.15, -0.1) is 0 Å². The largest absolute Gasteiger partial charge is 0.478 e. The predicted octanol–water partition coefficient (Wildman–Crippen LogP) is 8.01. The zero-order chi connectivity index (χ0) is 28.3. The second kappa shape index (κ2) is 11.1. The maximum atomic E-state index is 13.6. The number of carbonyl (C=O) groups is 1. The Morgan fingerprint density at radius 3 is 1.83 bits per heavy atom. The van der Waals surface area contributed by atoms with Crippen LogP contribution in [0.15, 0.2) is 115 Å². The highest BCUT2D eigenvalue weighted by Crippen LogP contribution is 2.32. The summed E-state index contributed by atoms with van der Waals surface area (Å²) in [6, 6.07) is 31.7. The molecule has 0 saturated carbocycles. The Kier molecular flexibility index (Phi) is 7.00. The van der Waals surface area contributed by atoms with Crippen molar-refractivity contribution < 1.29 is 18.7 Å². The first kappa shape index (κ1) is 26.0. The molecule has 0 radical (unpaired) electrons. The number of hydrogen-bond acceptors (Lipinski definition) is 3. The molecule has 0 unspecified atom stereocenters. The fourth-order valence-electron chi connectivity index (χ4n) is 4.88. The number of carboxylic acid groups (broad SMARTS) is 1. The lowest BCUT2D eigenvalue weighted by Crippen LogP contribution is -2.06. The van der Waals surface area contributed by atoms with Crippen LogP contribution in [0.4, 0.5) is 14.5 Å². The molecule has 5 nitrogen and oxygen atoms in total. The van der Waals surface area contributed by atoms with Gasteiger partial charge in [-0.25, -0.2) is 13.6 Å². The van der Waals surface area contributed by atoms with Gasteiger partial charge in [0.05, 0.1) is 29.5 Å². The summed E-state index contributed by atoms with van der Waals surface area (Å²) in [7, 11) is 0. The van der Waals surface area contributed by atoms with Gasteiger partial charge in [-0.3, -0.25) is 4.68 Å². The summed E-state index contributed by atoms with van der Waals surface area (Å²) in [4.78, 5) is 11.2. The smallest absolute Gasteiger partial charge is 0.335 e. The Morgan fingerprint density at radius 2 is 1.24 bits per heavy atom. The molecule has 7 heteroatoms. The van der Waals surface area contributed by atoms with Crippen molar-refractivity contribution in [3.8, 4) is 22.3 Å². The molecule has 5 aromatic carbocycles. The zero-order valence-corrected chi connectivity index (χ0v) is 21.9. The van der Waals surface area contributed by atoms with E-state index in [1.807, 2.05) is 47.3 Å². The van der Waals surface area contributed by atoms with E-state index in [0.717, 1.165) is 50.0 Å². The van der Waals surface area contributed by atoms with Crippen molar-refractivity contribution >= 4 is 22.6 Å². The minimum atomic E-state index is -0.965. The van der Waals surface area contributed by atoms with Crippen molar-refractivity contribution in [2.75, 3.05) is 5.32 Å².